The smallest absolute Gasteiger partial charge is 0.0551 e. The van der Waals surface area contributed by atoms with E-state index in [1.165, 1.54) is 24.0 Å². The van der Waals surface area contributed by atoms with Gasteiger partial charge in [0, 0.05) is 22.1 Å². The molecular formula is C17H25NOS. The summed E-state index contributed by atoms with van der Waals surface area (Å²) in [6, 6.07) is 8.93. The molecule has 0 spiro atoms. The predicted molar refractivity (Wildman–Crippen MR) is 85.5 cm³/mol. The van der Waals surface area contributed by atoms with Gasteiger partial charge in [-0.15, -0.1) is 0 Å². The average molecular weight is 291 g/mol. The van der Waals surface area contributed by atoms with Crippen molar-refractivity contribution < 1.29 is 4.21 Å². The lowest BCUT2D eigenvalue weighted by molar-refractivity contribution is 0.460. The van der Waals surface area contributed by atoms with Crippen LogP contribution in [0.1, 0.15) is 62.1 Å². The van der Waals surface area contributed by atoms with Crippen LogP contribution < -0.4 is 5.32 Å². The van der Waals surface area contributed by atoms with Gasteiger partial charge < -0.3 is 5.32 Å². The predicted octanol–water partition coefficient (Wildman–Crippen LogP) is 3.51. The Balaban J connectivity index is 1.90. The summed E-state index contributed by atoms with van der Waals surface area (Å²) < 4.78 is 13.0. The Hall–Kier alpha value is -0.670. The van der Waals surface area contributed by atoms with E-state index in [9.17, 15) is 4.21 Å². The maximum absolute atomic E-state index is 13.0. The van der Waals surface area contributed by atoms with Gasteiger partial charge in [-0.05, 0) is 43.4 Å². The maximum Gasteiger partial charge on any atom is 0.0551 e. The topological polar surface area (TPSA) is 29.1 Å². The van der Waals surface area contributed by atoms with Crippen LogP contribution >= 0.6 is 0 Å². The monoisotopic (exact) mass is 291 g/mol. The van der Waals surface area contributed by atoms with E-state index in [1.54, 1.807) is 0 Å². The highest BCUT2D eigenvalue weighted by Crippen LogP contribution is 2.41. The fraction of sp³-hybridized carbons (Fsp3) is 0.647. The van der Waals surface area contributed by atoms with Crippen LogP contribution in [0.15, 0.2) is 24.3 Å². The molecule has 0 bridgehead atoms. The zero-order valence-corrected chi connectivity index (χ0v) is 13.3. The largest absolute Gasteiger partial charge is 0.312 e. The van der Waals surface area contributed by atoms with Crippen molar-refractivity contribution in [1.82, 2.24) is 5.32 Å². The average Bonchev–Trinajstić information content (AvgIpc) is 3.01. The molecule has 2 aliphatic rings. The highest BCUT2D eigenvalue weighted by Gasteiger charge is 2.38. The number of benzene rings is 1. The minimum atomic E-state index is -0.702. The van der Waals surface area contributed by atoms with Crippen molar-refractivity contribution in [3.63, 3.8) is 0 Å². The first-order chi connectivity index (χ1) is 9.72. The summed E-state index contributed by atoms with van der Waals surface area (Å²) in [5, 5.41) is 4.15. The molecule has 1 fully saturated rings. The molecule has 2 nitrogen and oxygen atoms in total. The van der Waals surface area contributed by atoms with E-state index in [4.69, 9.17) is 0 Å². The standard InChI is InChI=1S/C17H25NOS/c1-12-11-16(20(19)13-7-3-4-8-13)17(18-2)15-10-6-5-9-14(12)15/h5-6,9-10,12-13,16-18H,3-4,7-8,11H2,1-2H3. The molecule has 2 aliphatic carbocycles. The zero-order chi connectivity index (χ0) is 14.1. The molecule has 0 aromatic heterocycles. The van der Waals surface area contributed by atoms with Gasteiger partial charge in [0.25, 0.3) is 0 Å². The van der Waals surface area contributed by atoms with Gasteiger partial charge in [-0.25, -0.2) is 0 Å². The van der Waals surface area contributed by atoms with Gasteiger partial charge in [-0.1, -0.05) is 44.0 Å². The minimum absolute atomic E-state index is 0.254. The van der Waals surface area contributed by atoms with E-state index < -0.39 is 10.8 Å². The summed E-state index contributed by atoms with van der Waals surface area (Å²) in [6.45, 7) is 2.28. The lowest BCUT2D eigenvalue weighted by Crippen LogP contribution is -2.40. The quantitative estimate of drug-likeness (QED) is 0.923. The third-order valence-electron chi connectivity index (χ3n) is 5.06. The molecule has 0 saturated heterocycles. The van der Waals surface area contributed by atoms with Crippen LogP contribution in [0.5, 0.6) is 0 Å². The van der Waals surface area contributed by atoms with Gasteiger partial charge in [0.15, 0.2) is 0 Å². The van der Waals surface area contributed by atoms with E-state index >= 15 is 0 Å². The normalized spacial score (nSPS) is 32.0. The number of hydrogen-bond donors (Lipinski definition) is 1. The Labute approximate surface area is 124 Å². The maximum atomic E-state index is 13.0. The van der Waals surface area contributed by atoms with Crippen molar-refractivity contribution in [1.29, 1.82) is 0 Å². The first-order valence-electron chi connectivity index (χ1n) is 7.88. The zero-order valence-electron chi connectivity index (χ0n) is 12.5. The van der Waals surface area contributed by atoms with Crippen molar-refractivity contribution in [3.8, 4) is 0 Å². The summed E-state index contributed by atoms with van der Waals surface area (Å²) in [5.74, 6) is 0.520. The van der Waals surface area contributed by atoms with Gasteiger partial charge in [0.05, 0.1) is 5.25 Å². The summed E-state index contributed by atoms with van der Waals surface area (Å²) in [6.07, 6.45) is 5.90. The second kappa shape index (κ2) is 5.98. The highest BCUT2D eigenvalue weighted by atomic mass is 32.2. The number of hydrogen-bond acceptors (Lipinski definition) is 2. The molecule has 110 valence electrons. The van der Waals surface area contributed by atoms with E-state index in [-0.39, 0.29) is 11.3 Å². The molecule has 4 unspecified atom stereocenters. The number of fused-ring (bicyclic) bond motifs is 1. The molecule has 3 rings (SSSR count). The SMILES string of the molecule is CNC1c2ccccc2C(C)CC1S(=O)C1CCCC1. The van der Waals surface area contributed by atoms with E-state index in [0.29, 0.717) is 11.2 Å². The van der Waals surface area contributed by atoms with Crippen LogP contribution in [0.3, 0.4) is 0 Å². The van der Waals surface area contributed by atoms with Crippen molar-refractivity contribution >= 4 is 10.8 Å². The third kappa shape index (κ3) is 2.46. The molecule has 0 heterocycles. The van der Waals surface area contributed by atoms with Gasteiger partial charge in [0.1, 0.15) is 0 Å². The molecule has 1 aromatic rings. The molecule has 0 radical (unpaired) electrons. The molecule has 0 amide bonds. The van der Waals surface area contributed by atoms with Crippen molar-refractivity contribution in [3.05, 3.63) is 35.4 Å². The van der Waals surface area contributed by atoms with Crippen molar-refractivity contribution in [2.45, 2.75) is 61.5 Å². The van der Waals surface area contributed by atoms with Gasteiger partial charge in [0.2, 0.25) is 0 Å². The number of nitrogens with one attached hydrogen (secondary N) is 1. The third-order valence-corrected chi connectivity index (χ3v) is 7.25. The summed E-state index contributed by atoms with van der Waals surface area (Å²) in [7, 11) is 1.31. The Morgan fingerprint density at radius 1 is 1.15 bits per heavy atom. The fourth-order valence-electron chi connectivity index (χ4n) is 3.99. The van der Waals surface area contributed by atoms with Crippen LogP contribution in [0.4, 0.5) is 0 Å². The summed E-state index contributed by atoms with van der Waals surface area (Å²) in [5.41, 5.74) is 2.80. The first kappa shape index (κ1) is 14.3. The van der Waals surface area contributed by atoms with Crippen LogP contribution in [-0.2, 0) is 10.8 Å². The van der Waals surface area contributed by atoms with Gasteiger partial charge >= 0.3 is 0 Å². The lowest BCUT2D eigenvalue weighted by atomic mass is 9.81. The Morgan fingerprint density at radius 2 is 1.80 bits per heavy atom. The molecule has 4 atom stereocenters. The van der Waals surface area contributed by atoms with E-state index in [1.807, 2.05) is 7.05 Å². The first-order valence-corrected chi connectivity index (χ1v) is 9.15. The Morgan fingerprint density at radius 3 is 2.45 bits per heavy atom. The van der Waals surface area contributed by atoms with Crippen molar-refractivity contribution in [2.75, 3.05) is 7.05 Å². The van der Waals surface area contributed by atoms with Crippen molar-refractivity contribution in [2.24, 2.45) is 0 Å². The minimum Gasteiger partial charge on any atom is -0.312 e. The van der Waals surface area contributed by atoms with E-state index in [0.717, 1.165) is 19.3 Å². The molecule has 1 aromatic carbocycles. The lowest BCUT2D eigenvalue weighted by Gasteiger charge is -2.37. The summed E-state index contributed by atoms with van der Waals surface area (Å²) in [4.78, 5) is 0. The highest BCUT2D eigenvalue weighted by molar-refractivity contribution is 7.86. The molecule has 1 N–H and O–H groups in total. The van der Waals surface area contributed by atoms with Gasteiger partial charge in [-0.3, -0.25) is 4.21 Å². The van der Waals surface area contributed by atoms with E-state index in [2.05, 4.69) is 36.5 Å². The molecule has 1 saturated carbocycles. The Kier molecular flexibility index (Phi) is 4.27. The second-order valence-electron chi connectivity index (χ2n) is 6.31. The van der Waals surface area contributed by atoms with Crippen LogP contribution in [0, 0.1) is 0 Å². The Bertz CT molecular complexity index is 496. The van der Waals surface area contributed by atoms with Crippen LogP contribution in [0.25, 0.3) is 0 Å². The van der Waals surface area contributed by atoms with Crippen LogP contribution in [0.2, 0.25) is 0 Å². The molecule has 20 heavy (non-hydrogen) atoms. The second-order valence-corrected chi connectivity index (χ2v) is 8.23. The molecule has 0 aliphatic heterocycles. The van der Waals surface area contributed by atoms with Crippen LogP contribution in [-0.4, -0.2) is 21.8 Å². The molecule has 3 heteroatoms. The number of rotatable bonds is 3. The summed E-state index contributed by atoms with van der Waals surface area (Å²) >= 11 is 0. The fourth-order valence-corrected chi connectivity index (χ4v) is 6.31. The molecular weight excluding hydrogens is 266 g/mol. The van der Waals surface area contributed by atoms with Gasteiger partial charge in [-0.2, -0.15) is 0 Å².